The van der Waals surface area contributed by atoms with Crippen LogP contribution >= 0.6 is 0 Å². The van der Waals surface area contributed by atoms with Gasteiger partial charge in [0.05, 0.1) is 0 Å². The lowest BCUT2D eigenvalue weighted by atomic mass is 10.2. The summed E-state index contributed by atoms with van der Waals surface area (Å²) in [6, 6.07) is 0. The number of nitrogens with zero attached hydrogens (tertiary/aromatic N) is 1. The molecule has 0 aromatic carbocycles. The molecule has 0 rings (SSSR count). The number of unbranched alkanes of at least 4 members (excludes halogenated alkanes) is 2. The fourth-order valence-corrected chi connectivity index (χ4v) is 0.713. The third-order valence-corrected chi connectivity index (χ3v) is 1.33. The molecule has 4 nitrogen and oxygen atoms in total. The Hall–Kier alpha value is -1.24. The van der Waals surface area contributed by atoms with Crippen molar-refractivity contribution in [1.82, 2.24) is 0 Å². The van der Waals surface area contributed by atoms with Crippen molar-refractivity contribution in [1.29, 1.82) is 5.26 Å². The van der Waals surface area contributed by atoms with Crippen molar-refractivity contribution < 1.29 is 14.3 Å². The van der Waals surface area contributed by atoms with Crippen molar-refractivity contribution in [3.63, 3.8) is 0 Å². The van der Waals surface area contributed by atoms with Crippen LogP contribution in [0.2, 0.25) is 0 Å². The molecule has 0 atom stereocenters. The van der Waals surface area contributed by atoms with Gasteiger partial charge in [0.1, 0.15) is 0 Å². The zero-order valence-corrected chi connectivity index (χ0v) is 7.21. The highest BCUT2D eigenvalue weighted by molar-refractivity contribution is 5.69. The van der Waals surface area contributed by atoms with E-state index in [1.165, 1.54) is 6.26 Å². The minimum Gasteiger partial charge on any atom is -0.427 e. The molecule has 0 spiro atoms. The predicted octanol–water partition coefficient (Wildman–Crippen LogP) is 1.57. The summed E-state index contributed by atoms with van der Waals surface area (Å²) >= 11 is 0. The first-order valence-corrected chi connectivity index (χ1v) is 3.97. The molecule has 4 heteroatoms. The Morgan fingerprint density at radius 2 is 2.25 bits per heavy atom. The quantitative estimate of drug-likeness (QED) is 0.263. The van der Waals surface area contributed by atoms with Crippen molar-refractivity contribution in [3.8, 4) is 6.26 Å². The van der Waals surface area contributed by atoms with E-state index >= 15 is 0 Å². The van der Waals surface area contributed by atoms with Gasteiger partial charge in [-0.15, -0.1) is 0 Å². The molecule has 0 bridgehead atoms. The van der Waals surface area contributed by atoms with Crippen molar-refractivity contribution >= 4 is 5.97 Å². The van der Waals surface area contributed by atoms with Crippen LogP contribution in [0.3, 0.4) is 0 Å². The number of nitriles is 1. The standard InChI is InChI=1S/C8H13NO3/c1-2-3-4-5-8(10)12-7-11-6-9/h2-5,7H2,1H3. The monoisotopic (exact) mass is 171 g/mol. The van der Waals surface area contributed by atoms with E-state index in [-0.39, 0.29) is 12.8 Å². The smallest absolute Gasteiger partial charge is 0.308 e. The van der Waals surface area contributed by atoms with Gasteiger partial charge >= 0.3 is 5.97 Å². The first-order valence-electron chi connectivity index (χ1n) is 3.97. The molecule has 0 aliphatic rings. The maximum Gasteiger partial charge on any atom is 0.308 e. The van der Waals surface area contributed by atoms with Gasteiger partial charge < -0.3 is 9.47 Å². The van der Waals surface area contributed by atoms with Gasteiger partial charge in [0.25, 0.3) is 6.26 Å². The summed E-state index contributed by atoms with van der Waals surface area (Å²) in [6.45, 7) is 1.80. The molecule has 0 aromatic heterocycles. The van der Waals surface area contributed by atoms with E-state index in [2.05, 4.69) is 16.4 Å². The minimum absolute atomic E-state index is 0.262. The second-order valence-corrected chi connectivity index (χ2v) is 2.33. The second-order valence-electron chi connectivity index (χ2n) is 2.33. The summed E-state index contributed by atoms with van der Waals surface area (Å²) < 4.78 is 8.72. The van der Waals surface area contributed by atoms with Gasteiger partial charge in [-0.05, 0) is 6.42 Å². The van der Waals surface area contributed by atoms with Gasteiger partial charge in [-0.25, -0.2) is 0 Å². The van der Waals surface area contributed by atoms with Crippen LogP contribution in [0.25, 0.3) is 0 Å². The van der Waals surface area contributed by atoms with Gasteiger partial charge in [0.15, 0.2) is 0 Å². The molecule has 0 fully saturated rings. The van der Waals surface area contributed by atoms with Crippen molar-refractivity contribution in [2.45, 2.75) is 32.6 Å². The lowest BCUT2D eigenvalue weighted by molar-refractivity contribution is -0.151. The number of esters is 1. The first-order chi connectivity index (χ1) is 5.81. The molecule has 0 radical (unpaired) electrons. The maximum absolute atomic E-state index is 10.8. The molecule has 12 heavy (non-hydrogen) atoms. The summed E-state index contributed by atoms with van der Waals surface area (Å²) in [5.74, 6) is -0.307. The fourth-order valence-electron chi connectivity index (χ4n) is 0.713. The SMILES string of the molecule is CCCCCC(=O)OCOC#N. The highest BCUT2D eigenvalue weighted by Crippen LogP contribution is 2.00. The largest absolute Gasteiger partial charge is 0.427 e. The summed E-state index contributed by atoms with van der Waals surface area (Å²) in [5, 5.41) is 7.93. The highest BCUT2D eigenvalue weighted by atomic mass is 16.7. The Morgan fingerprint density at radius 3 is 2.83 bits per heavy atom. The Labute approximate surface area is 72.1 Å². The number of rotatable bonds is 6. The van der Waals surface area contributed by atoms with Crippen LogP contribution in [0.4, 0.5) is 0 Å². The zero-order chi connectivity index (χ0) is 9.23. The number of carbonyl (C=O) groups is 1. The average molecular weight is 171 g/mol. The fraction of sp³-hybridized carbons (Fsp3) is 0.750. The van der Waals surface area contributed by atoms with Gasteiger partial charge in [0, 0.05) is 6.42 Å². The molecule has 0 aromatic rings. The van der Waals surface area contributed by atoms with Crippen LogP contribution < -0.4 is 0 Å². The third-order valence-electron chi connectivity index (χ3n) is 1.33. The lowest BCUT2D eigenvalue weighted by Gasteiger charge is -2.00. The molecule has 0 aliphatic heterocycles. The predicted molar refractivity (Wildman–Crippen MR) is 41.8 cm³/mol. The van der Waals surface area contributed by atoms with Crippen LogP contribution in [0, 0.1) is 11.5 Å². The van der Waals surface area contributed by atoms with E-state index < -0.39 is 0 Å². The molecule has 0 aliphatic carbocycles. The van der Waals surface area contributed by atoms with Gasteiger partial charge in [-0.2, -0.15) is 5.26 Å². The van der Waals surface area contributed by atoms with E-state index in [1.807, 2.05) is 0 Å². The molecule has 0 saturated heterocycles. The maximum atomic E-state index is 10.8. The molecule has 0 amide bonds. The van der Waals surface area contributed by atoms with Crippen LogP contribution in [0.5, 0.6) is 0 Å². The Balaban J connectivity index is 3.17. The topological polar surface area (TPSA) is 59.3 Å². The summed E-state index contributed by atoms with van der Waals surface area (Å²) in [7, 11) is 0. The Morgan fingerprint density at radius 1 is 1.50 bits per heavy atom. The van der Waals surface area contributed by atoms with E-state index in [9.17, 15) is 4.79 Å². The van der Waals surface area contributed by atoms with E-state index in [0.29, 0.717) is 6.42 Å². The van der Waals surface area contributed by atoms with Crippen LogP contribution in [0.1, 0.15) is 32.6 Å². The van der Waals surface area contributed by atoms with Gasteiger partial charge in [-0.3, -0.25) is 4.79 Å². The normalized spacial score (nSPS) is 8.67. The van der Waals surface area contributed by atoms with E-state index in [0.717, 1.165) is 19.3 Å². The van der Waals surface area contributed by atoms with Crippen LogP contribution in [0.15, 0.2) is 0 Å². The number of ether oxygens (including phenoxy) is 2. The molecule has 0 N–H and O–H groups in total. The van der Waals surface area contributed by atoms with Crippen molar-refractivity contribution in [2.75, 3.05) is 6.79 Å². The Bertz CT molecular complexity index is 162. The third kappa shape index (κ3) is 6.87. The van der Waals surface area contributed by atoms with Crippen molar-refractivity contribution in [3.05, 3.63) is 0 Å². The minimum atomic E-state index is -0.307. The summed E-state index contributed by atoms with van der Waals surface area (Å²) in [5.41, 5.74) is 0. The second kappa shape index (κ2) is 7.86. The van der Waals surface area contributed by atoms with E-state index in [1.54, 1.807) is 0 Å². The number of carbonyl (C=O) groups excluding carboxylic acids is 1. The van der Waals surface area contributed by atoms with Gasteiger partial charge in [-0.1, -0.05) is 19.8 Å². The number of hydrogen-bond acceptors (Lipinski definition) is 4. The molecular formula is C8H13NO3. The molecule has 0 saturated carbocycles. The summed E-state index contributed by atoms with van der Waals surface area (Å²) in [6.07, 6.45) is 4.75. The highest BCUT2D eigenvalue weighted by Gasteiger charge is 2.00. The van der Waals surface area contributed by atoms with E-state index in [4.69, 9.17) is 5.26 Å². The van der Waals surface area contributed by atoms with Gasteiger partial charge in [0.2, 0.25) is 6.79 Å². The average Bonchev–Trinajstić information content (AvgIpc) is 2.06. The molecular weight excluding hydrogens is 158 g/mol. The number of hydrogen-bond donors (Lipinski definition) is 0. The van der Waals surface area contributed by atoms with Crippen LogP contribution in [-0.4, -0.2) is 12.8 Å². The van der Waals surface area contributed by atoms with Crippen molar-refractivity contribution in [2.24, 2.45) is 0 Å². The molecule has 0 unspecified atom stereocenters. The molecule has 0 heterocycles. The van der Waals surface area contributed by atoms with Crippen LogP contribution in [-0.2, 0) is 14.3 Å². The summed E-state index contributed by atoms with van der Waals surface area (Å²) in [4.78, 5) is 10.8. The Kier molecular flexibility index (Phi) is 7.05. The molecule has 68 valence electrons. The lowest BCUT2D eigenvalue weighted by Crippen LogP contribution is -2.06. The zero-order valence-electron chi connectivity index (χ0n) is 7.21. The first kappa shape index (κ1) is 10.8.